The molecule has 1 aromatic heterocycles. The van der Waals surface area contributed by atoms with Crippen molar-refractivity contribution in [2.24, 2.45) is 0 Å². The predicted octanol–water partition coefficient (Wildman–Crippen LogP) is 3.27. The second kappa shape index (κ2) is 5.54. The fourth-order valence-electron chi connectivity index (χ4n) is 1.62. The minimum absolute atomic E-state index is 0.109. The summed E-state index contributed by atoms with van der Waals surface area (Å²) >= 11 is 3.00. The summed E-state index contributed by atoms with van der Waals surface area (Å²) in [5, 5.41) is 2.37. The van der Waals surface area contributed by atoms with E-state index in [-0.39, 0.29) is 15.7 Å². The van der Waals surface area contributed by atoms with Gasteiger partial charge in [-0.05, 0) is 35.0 Å². The number of halogens is 3. The first-order valence-electron chi connectivity index (χ1n) is 5.56. The number of hydrogen-bond donors (Lipinski definition) is 2. The molecule has 0 aliphatic rings. The van der Waals surface area contributed by atoms with Gasteiger partial charge in [0.25, 0.3) is 5.91 Å². The van der Waals surface area contributed by atoms with Gasteiger partial charge in [-0.1, -0.05) is 0 Å². The lowest BCUT2D eigenvalue weighted by atomic mass is 10.1. The van der Waals surface area contributed by atoms with Crippen LogP contribution in [0.4, 0.5) is 20.2 Å². The quantitative estimate of drug-likeness (QED) is 0.880. The molecule has 104 valence electrons. The number of hydrogen-bond acceptors (Lipinski definition) is 3. The number of rotatable bonds is 2. The van der Waals surface area contributed by atoms with Crippen molar-refractivity contribution in [2.75, 3.05) is 11.1 Å². The number of benzene rings is 1. The molecule has 20 heavy (non-hydrogen) atoms. The zero-order valence-electron chi connectivity index (χ0n) is 10.4. The minimum atomic E-state index is -0.875. The van der Waals surface area contributed by atoms with Gasteiger partial charge in [-0.3, -0.25) is 9.78 Å². The molecule has 0 unspecified atom stereocenters. The molecule has 0 saturated carbocycles. The molecule has 0 spiro atoms. The summed E-state index contributed by atoms with van der Waals surface area (Å²) in [6.07, 6.45) is 1.42. The zero-order valence-corrected chi connectivity index (χ0v) is 12.0. The van der Waals surface area contributed by atoms with E-state index in [0.29, 0.717) is 17.4 Å². The number of nitrogens with one attached hydrogen (secondary N) is 1. The Hall–Kier alpha value is -2.02. The molecule has 0 radical (unpaired) electrons. The summed E-state index contributed by atoms with van der Waals surface area (Å²) in [4.78, 5) is 16.0. The highest BCUT2D eigenvalue weighted by atomic mass is 79.9. The second-order valence-electron chi connectivity index (χ2n) is 4.10. The third kappa shape index (κ3) is 2.93. The Morgan fingerprint density at radius 3 is 2.70 bits per heavy atom. The molecule has 2 rings (SSSR count). The molecule has 4 nitrogen and oxygen atoms in total. The summed E-state index contributed by atoms with van der Waals surface area (Å²) in [6, 6.07) is 3.18. The Morgan fingerprint density at radius 2 is 2.05 bits per heavy atom. The number of nitrogens with two attached hydrogens (primary N) is 1. The molecule has 0 atom stereocenters. The van der Waals surface area contributed by atoms with E-state index in [0.717, 1.165) is 6.07 Å². The predicted molar refractivity (Wildman–Crippen MR) is 75.4 cm³/mol. The molecule has 7 heteroatoms. The molecule has 0 saturated heterocycles. The molecule has 0 bridgehead atoms. The maximum Gasteiger partial charge on any atom is 0.257 e. The molecule has 0 fully saturated rings. The zero-order chi connectivity index (χ0) is 14.9. The largest absolute Gasteiger partial charge is 0.397 e. The Morgan fingerprint density at radius 1 is 1.35 bits per heavy atom. The van der Waals surface area contributed by atoms with E-state index >= 15 is 0 Å². The minimum Gasteiger partial charge on any atom is -0.397 e. The number of pyridine rings is 1. The van der Waals surface area contributed by atoms with Crippen LogP contribution in [0.25, 0.3) is 0 Å². The second-order valence-corrected chi connectivity index (χ2v) is 4.95. The van der Waals surface area contributed by atoms with Crippen molar-refractivity contribution < 1.29 is 13.6 Å². The van der Waals surface area contributed by atoms with Gasteiger partial charge in [-0.2, -0.15) is 0 Å². The van der Waals surface area contributed by atoms with Crippen LogP contribution < -0.4 is 11.1 Å². The topological polar surface area (TPSA) is 68.0 Å². The van der Waals surface area contributed by atoms with Crippen molar-refractivity contribution in [2.45, 2.75) is 6.92 Å². The first kappa shape index (κ1) is 14.4. The number of carbonyl (C=O) groups excluding carboxylic acids is 1. The van der Waals surface area contributed by atoms with Crippen LogP contribution in [0.15, 0.2) is 28.9 Å². The number of carbonyl (C=O) groups is 1. The van der Waals surface area contributed by atoms with Crippen molar-refractivity contribution in [3.05, 3.63) is 51.8 Å². The first-order chi connectivity index (χ1) is 9.38. The highest BCUT2D eigenvalue weighted by molar-refractivity contribution is 9.10. The summed E-state index contributed by atoms with van der Waals surface area (Å²) < 4.78 is 26.7. The Labute approximate surface area is 122 Å². The molecule has 1 amide bonds. The lowest BCUT2D eigenvalue weighted by Crippen LogP contribution is -2.16. The van der Waals surface area contributed by atoms with Crippen LogP contribution in [0.5, 0.6) is 0 Å². The maximum atomic E-state index is 13.6. The van der Waals surface area contributed by atoms with Gasteiger partial charge in [0.05, 0.1) is 28.8 Å². The van der Waals surface area contributed by atoms with Crippen molar-refractivity contribution in [1.29, 1.82) is 0 Å². The van der Waals surface area contributed by atoms with Crippen molar-refractivity contribution >= 4 is 33.2 Å². The summed E-state index contributed by atoms with van der Waals surface area (Å²) in [6.45, 7) is 1.63. The number of nitrogens with zero attached hydrogens (tertiary/aromatic N) is 1. The molecule has 1 aromatic carbocycles. The van der Waals surface area contributed by atoms with E-state index in [2.05, 4.69) is 26.2 Å². The van der Waals surface area contributed by atoms with Gasteiger partial charge in [-0.25, -0.2) is 8.78 Å². The van der Waals surface area contributed by atoms with Gasteiger partial charge in [0.1, 0.15) is 5.82 Å². The van der Waals surface area contributed by atoms with Crippen molar-refractivity contribution in [3.8, 4) is 0 Å². The molecule has 1 heterocycles. The lowest BCUT2D eigenvalue weighted by molar-refractivity contribution is 0.102. The van der Waals surface area contributed by atoms with Crippen LogP contribution in [0.3, 0.4) is 0 Å². The molecular weight excluding hydrogens is 332 g/mol. The average Bonchev–Trinajstić information content (AvgIpc) is 2.36. The number of aromatic nitrogens is 1. The third-order valence-electron chi connectivity index (χ3n) is 2.60. The van der Waals surface area contributed by atoms with Crippen molar-refractivity contribution in [3.63, 3.8) is 0 Å². The van der Waals surface area contributed by atoms with Crippen LogP contribution in [0.1, 0.15) is 16.1 Å². The van der Waals surface area contributed by atoms with E-state index in [1.54, 1.807) is 6.92 Å². The van der Waals surface area contributed by atoms with E-state index in [1.807, 2.05) is 0 Å². The lowest BCUT2D eigenvalue weighted by Gasteiger charge is -2.10. The Kier molecular flexibility index (Phi) is 3.99. The fourth-order valence-corrected chi connectivity index (χ4v) is 2.13. The first-order valence-corrected chi connectivity index (χ1v) is 6.36. The van der Waals surface area contributed by atoms with Crippen LogP contribution >= 0.6 is 15.9 Å². The van der Waals surface area contributed by atoms with Crippen molar-refractivity contribution in [1.82, 2.24) is 4.98 Å². The van der Waals surface area contributed by atoms with E-state index in [9.17, 15) is 13.6 Å². The summed E-state index contributed by atoms with van der Waals surface area (Å²) in [5.41, 5.74) is 6.42. The maximum absolute atomic E-state index is 13.6. The summed E-state index contributed by atoms with van der Waals surface area (Å²) in [5.74, 6) is -2.19. The third-order valence-corrected chi connectivity index (χ3v) is 3.22. The fraction of sp³-hybridized carbons (Fsp3) is 0.0769. The molecule has 2 aromatic rings. The molecule has 0 aliphatic heterocycles. The highest BCUT2D eigenvalue weighted by Crippen LogP contribution is 2.27. The standard InChI is InChI=1S/C13H10BrF2N3O/c1-6-9(4-8(17)5-18-6)13(20)19-12-10(14)2-7(15)3-11(12)16/h2-5H,17H2,1H3,(H,19,20). The monoisotopic (exact) mass is 341 g/mol. The van der Waals surface area contributed by atoms with Crippen LogP contribution in [0, 0.1) is 18.6 Å². The smallest absolute Gasteiger partial charge is 0.257 e. The van der Waals surface area contributed by atoms with Gasteiger partial charge in [0.15, 0.2) is 5.82 Å². The van der Waals surface area contributed by atoms with E-state index < -0.39 is 17.5 Å². The molecule has 0 aliphatic carbocycles. The SMILES string of the molecule is Cc1ncc(N)cc1C(=O)Nc1c(F)cc(F)cc1Br. The molecule has 3 N–H and O–H groups in total. The van der Waals surface area contributed by atoms with E-state index in [1.165, 1.54) is 12.3 Å². The van der Waals surface area contributed by atoms with Gasteiger partial charge in [0, 0.05) is 10.5 Å². The number of anilines is 2. The van der Waals surface area contributed by atoms with Crippen LogP contribution in [0.2, 0.25) is 0 Å². The highest BCUT2D eigenvalue weighted by Gasteiger charge is 2.16. The normalized spacial score (nSPS) is 10.4. The van der Waals surface area contributed by atoms with E-state index in [4.69, 9.17) is 5.73 Å². The Balaban J connectivity index is 2.35. The Bertz CT molecular complexity index is 668. The van der Waals surface area contributed by atoms with Crippen LogP contribution in [-0.4, -0.2) is 10.9 Å². The summed E-state index contributed by atoms with van der Waals surface area (Å²) in [7, 11) is 0. The van der Waals surface area contributed by atoms with Gasteiger partial charge in [-0.15, -0.1) is 0 Å². The number of amides is 1. The van der Waals surface area contributed by atoms with Gasteiger partial charge in [0.2, 0.25) is 0 Å². The van der Waals surface area contributed by atoms with Crippen LogP contribution in [-0.2, 0) is 0 Å². The van der Waals surface area contributed by atoms with Gasteiger partial charge >= 0.3 is 0 Å². The van der Waals surface area contributed by atoms with Gasteiger partial charge < -0.3 is 11.1 Å². The number of aryl methyl sites for hydroxylation is 1. The molecular formula is C13H10BrF2N3O. The average molecular weight is 342 g/mol. The number of nitrogen functional groups attached to an aromatic ring is 1.